The van der Waals surface area contributed by atoms with Gasteiger partial charge in [-0.25, -0.2) is 24.5 Å². The van der Waals surface area contributed by atoms with Crippen molar-refractivity contribution in [1.82, 2.24) is 20.3 Å². The van der Waals surface area contributed by atoms with Crippen molar-refractivity contribution in [3.63, 3.8) is 0 Å². The summed E-state index contributed by atoms with van der Waals surface area (Å²) in [4.78, 5) is 38.2. The van der Waals surface area contributed by atoms with E-state index in [-0.39, 0.29) is 28.1 Å². The van der Waals surface area contributed by atoms with Crippen molar-refractivity contribution in [3.8, 4) is 34.5 Å². The number of oxazole rings is 3. The summed E-state index contributed by atoms with van der Waals surface area (Å²) in [7, 11) is 1.26. The van der Waals surface area contributed by atoms with E-state index in [0.717, 1.165) is 5.56 Å². The number of amides is 1. The summed E-state index contributed by atoms with van der Waals surface area (Å²) in [5.74, 6) is 1.16. The first-order chi connectivity index (χ1) is 19.2. The molecule has 0 aliphatic carbocycles. The Morgan fingerprint density at radius 2 is 1.68 bits per heavy atom. The Balaban J connectivity index is 1.77. The molecule has 1 atom stereocenters. The second-order valence-electron chi connectivity index (χ2n) is 11.2. The Bertz CT molecular complexity index is 1510. The molecule has 4 rings (SSSR count). The topological polar surface area (TPSA) is 143 Å². The molecule has 11 nitrogen and oxygen atoms in total. The van der Waals surface area contributed by atoms with Crippen LogP contribution in [0.1, 0.15) is 69.7 Å². The van der Waals surface area contributed by atoms with Crippen molar-refractivity contribution >= 4 is 23.8 Å². The van der Waals surface area contributed by atoms with E-state index in [2.05, 4.69) is 36.1 Å². The molecule has 4 aromatic rings. The van der Waals surface area contributed by atoms with Crippen LogP contribution in [0.5, 0.6) is 0 Å². The van der Waals surface area contributed by atoms with E-state index in [0.29, 0.717) is 28.7 Å². The van der Waals surface area contributed by atoms with E-state index in [1.54, 1.807) is 39.5 Å². The van der Waals surface area contributed by atoms with Gasteiger partial charge in [-0.2, -0.15) is 11.8 Å². The third-order valence-electron chi connectivity index (χ3n) is 5.45. The summed E-state index contributed by atoms with van der Waals surface area (Å²) in [6.07, 6.45) is 0.607. The lowest BCUT2D eigenvalue weighted by Gasteiger charge is -2.24. The highest BCUT2D eigenvalue weighted by Crippen LogP contribution is 2.38. The van der Waals surface area contributed by atoms with Gasteiger partial charge in [0.25, 0.3) is 0 Å². The smallest absolute Gasteiger partial charge is 0.408 e. The zero-order valence-electron chi connectivity index (χ0n) is 24.4. The molecule has 0 unspecified atom stereocenters. The highest BCUT2D eigenvalue weighted by atomic mass is 32.2. The van der Waals surface area contributed by atoms with E-state index in [1.165, 1.54) is 13.4 Å². The van der Waals surface area contributed by atoms with Crippen LogP contribution in [0.25, 0.3) is 34.5 Å². The maximum Gasteiger partial charge on any atom is 0.408 e. The molecule has 0 saturated heterocycles. The molecule has 12 heteroatoms. The summed E-state index contributed by atoms with van der Waals surface area (Å²) < 4.78 is 27.9. The van der Waals surface area contributed by atoms with Crippen molar-refractivity contribution in [3.05, 3.63) is 53.9 Å². The van der Waals surface area contributed by atoms with Gasteiger partial charge in [0.15, 0.2) is 22.8 Å². The van der Waals surface area contributed by atoms with Gasteiger partial charge < -0.3 is 28.0 Å². The monoisotopic (exact) mass is 582 g/mol. The van der Waals surface area contributed by atoms with Crippen molar-refractivity contribution in [2.45, 2.75) is 64.9 Å². The zero-order valence-corrected chi connectivity index (χ0v) is 25.2. The molecule has 1 aromatic carbocycles. The zero-order chi connectivity index (χ0) is 29.9. The van der Waals surface area contributed by atoms with Crippen molar-refractivity contribution in [2.75, 3.05) is 12.9 Å². The van der Waals surface area contributed by atoms with Gasteiger partial charge >= 0.3 is 12.1 Å². The number of benzene rings is 1. The van der Waals surface area contributed by atoms with Crippen LogP contribution in [0.4, 0.5) is 4.79 Å². The van der Waals surface area contributed by atoms with E-state index >= 15 is 0 Å². The number of methoxy groups -OCH3 is 1. The van der Waals surface area contributed by atoms with Gasteiger partial charge in [0, 0.05) is 16.1 Å². The summed E-state index contributed by atoms with van der Waals surface area (Å²) in [6.45, 7) is 13.4. The number of carbonyl (C=O) groups is 2. The number of alkyl carbamates (subject to hydrolysis) is 1. The number of nitrogens with zero attached hydrogens (tertiary/aromatic N) is 3. The minimum Gasteiger partial charge on any atom is -0.464 e. The van der Waals surface area contributed by atoms with E-state index in [9.17, 15) is 9.59 Å². The average molecular weight is 583 g/mol. The summed E-state index contributed by atoms with van der Waals surface area (Å²) >= 11 is 1.65. The van der Waals surface area contributed by atoms with Crippen LogP contribution in [0.3, 0.4) is 0 Å². The van der Waals surface area contributed by atoms with Crippen molar-refractivity contribution < 1.29 is 32.3 Å². The van der Waals surface area contributed by atoms with Crippen LogP contribution in [-0.4, -0.2) is 50.2 Å². The number of ether oxygens (including phenoxy) is 2. The highest BCUT2D eigenvalue weighted by molar-refractivity contribution is 8.00. The Morgan fingerprint density at radius 1 is 0.976 bits per heavy atom. The van der Waals surface area contributed by atoms with E-state index in [4.69, 9.17) is 27.7 Å². The van der Waals surface area contributed by atoms with E-state index in [1.807, 2.05) is 30.3 Å². The standard InChI is InChI=1S/C29H34N4O7S/c1-16-20(24-30-18(14-37-24)26(34)36-8)32-25(38-16)21-22(17-12-10-9-11-13-17)39-23(33-21)19(15-41-29(5,6)7)31-27(35)40-28(2,3)4/h9-14,19H,15H2,1-8H3,(H,31,35)/t19-/m0/s1. The van der Waals surface area contributed by atoms with Crippen LogP contribution in [0.2, 0.25) is 0 Å². The van der Waals surface area contributed by atoms with Gasteiger partial charge in [-0.1, -0.05) is 51.1 Å². The third kappa shape index (κ3) is 7.57. The minimum absolute atomic E-state index is 0.00699. The van der Waals surface area contributed by atoms with Gasteiger partial charge in [0.05, 0.1) is 7.11 Å². The maximum atomic E-state index is 12.8. The molecule has 0 spiro atoms. The number of rotatable bonds is 8. The number of carbonyl (C=O) groups excluding carboxylic acids is 2. The molecule has 0 aliphatic heterocycles. The normalized spacial score (nSPS) is 12.7. The lowest BCUT2D eigenvalue weighted by molar-refractivity contribution is 0.0501. The summed E-state index contributed by atoms with van der Waals surface area (Å²) in [5, 5.41) is 2.91. The first-order valence-corrected chi connectivity index (χ1v) is 13.9. The quantitative estimate of drug-likeness (QED) is 0.218. The van der Waals surface area contributed by atoms with Crippen LogP contribution in [-0.2, 0) is 9.47 Å². The van der Waals surface area contributed by atoms with Crippen LogP contribution in [0.15, 0.2) is 49.8 Å². The molecule has 218 valence electrons. The fourth-order valence-corrected chi connectivity index (χ4v) is 4.54. The summed E-state index contributed by atoms with van der Waals surface area (Å²) in [5.41, 5.74) is 0.694. The predicted molar refractivity (Wildman–Crippen MR) is 153 cm³/mol. The highest BCUT2D eigenvalue weighted by Gasteiger charge is 2.30. The maximum absolute atomic E-state index is 12.8. The molecule has 3 heterocycles. The molecule has 0 radical (unpaired) electrons. The second-order valence-corrected chi connectivity index (χ2v) is 13.0. The lowest BCUT2D eigenvalue weighted by atomic mass is 10.1. The number of hydrogen-bond donors (Lipinski definition) is 1. The Kier molecular flexibility index (Phi) is 8.62. The van der Waals surface area contributed by atoms with Crippen LogP contribution >= 0.6 is 11.8 Å². The lowest BCUT2D eigenvalue weighted by Crippen LogP contribution is -2.36. The average Bonchev–Trinajstić information content (AvgIpc) is 3.63. The molecule has 0 fully saturated rings. The van der Waals surface area contributed by atoms with Gasteiger partial charge in [-0.3, -0.25) is 0 Å². The number of nitrogens with one attached hydrogen (secondary N) is 1. The Morgan fingerprint density at radius 3 is 2.32 bits per heavy atom. The molecule has 0 aliphatic rings. The van der Waals surface area contributed by atoms with Gasteiger partial charge in [-0.05, 0) is 27.7 Å². The second kappa shape index (κ2) is 11.8. The molecule has 3 aromatic heterocycles. The fraction of sp³-hybridized carbons (Fsp3) is 0.414. The molecule has 1 N–H and O–H groups in total. The predicted octanol–water partition coefficient (Wildman–Crippen LogP) is 6.84. The van der Waals surface area contributed by atoms with Crippen molar-refractivity contribution in [1.29, 1.82) is 0 Å². The fourth-order valence-electron chi connectivity index (χ4n) is 3.65. The number of esters is 1. The number of aryl methyl sites for hydroxylation is 1. The first-order valence-electron chi connectivity index (χ1n) is 13.0. The molecule has 0 bridgehead atoms. The summed E-state index contributed by atoms with van der Waals surface area (Å²) in [6, 6.07) is 8.78. The minimum atomic E-state index is -0.678. The largest absolute Gasteiger partial charge is 0.464 e. The van der Waals surface area contributed by atoms with Gasteiger partial charge in [0.2, 0.25) is 17.7 Å². The molecule has 41 heavy (non-hydrogen) atoms. The van der Waals surface area contributed by atoms with E-state index < -0.39 is 23.7 Å². The molecule has 0 saturated carbocycles. The van der Waals surface area contributed by atoms with Crippen molar-refractivity contribution in [2.24, 2.45) is 0 Å². The molecular weight excluding hydrogens is 548 g/mol. The van der Waals surface area contributed by atoms with Crippen LogP contribution in [0, 0.1) is 6.92 Å². The molecule has 1 amide bonds. The SMILES string of the molecule is COC(=O)c1coc(-c2nc(-c3nc([C@H](CSC(C)(C)C)NC(=O)OC(C)(C)C)oc3-c3ccccc3)oc2C)n1. The third-order valence-corrected chi connectivity index (χ3v) is 6.82. The first kappa shape index (κ1) is 29.9. The Hall–Kier alpha value is -4.06. The molecular formula is C29H34N4O7S. The van der Waals surface area contributed by atoms with Gasteiger partial charge in [-0.15, -0.1) is 0 Å². The number of hydrogen-bond acceptors (Lipinski definition) is 11. The number of thioether (sulfide) groups is 1. The van der Waals surface area contributed by atoms with Gasteiger partial charge in [0.1, 0.15) is 23.7 Å². The number of aromatic nitrogens is 3. The Labute approximate surface area is 242 Å². The van der Waals surface area contributed by atoms with Crippen LogP contribution < -0.4 is 5.32 Å².